The molecule has 2 aromatic rings. The third-order valence-electron chi connectivity index (χ3n) is 2.73. The number of rotatable bonds is 1. The predicted molar refractivity (Wildman–Crippen MR) is 60.7 cm³/mol. The van der Waals surface area contributed by atoms with E-state index in [1.165, 1.54) is 4.90 Å². The Hall–Kier alpha value is -2.37. The molecule has 0 unspecified atom stereocenters. The van der Waals surface area contributed by atoms with Gasteiger partial charge in [-0.25, -0.2) is 9.31 Å². The molecule has 1 aliphatic heterocycles. The van der Waals surface area contributed by atoms with E-state index in [1.807, 2.05) is 24.4 Å². The first-order valence-corrected chi connectivity index (χ1v) is 5.29. The lowest BCUT2D eigenvalue weighted by Gasteiger charge is -2.26. The zero-order valence-electron chi connectivity index (χ0n) is 8.96. The van der Waals surface area contributed by atoms with Crippen LogP contribution in [0, 0.1) is 0 Å². The Labute approximate surface area is 96.8 Å². The fourth-order valence-electron chi connectivity index (χ4n) is 1.87. The van der Waals surface area contributed by atoms with Crippen LogP contribution < -0.4 is 10.2 Å². The van der Waals surface area contributed by atoms with Crippen molar-refractivity contribution in [1.29, 1.82) is 0 Å². The molecule has 0 aromatic carbocycles. The second-order valence-electron chi connectivity index (χ2n) is 3.85. The second kappa shape index (κ2) is 3.58. The number of hydrogen-bond donors (Lipinski definition) is 1. The van der Waals surface area contributed by atoms with Crippen LogP contribution in [0.1, 0.15) is 6.42 Å². The number of nitrogens with one attached hydrogen (secondary N) is 1. The highest BCUT2D eigenvalue weighted by atomic mass is 16.2. The summed E-state index contributed by atoms with van der Waals surface area (Å²) in [6, 6.07) is 5.26. The van der Waals surface area contributed by atoms with Crippen molar-refractivity contribution in [3.05, 3.63) is 30.6 Å². The molecule has 1 N–H and O–H groups in total. The summed E-state index contributed by atoms with van der Waals surface area (Å²) in [5.74, 6) is -0.233. The van der Waals surface area contributed by atoms with Crippen LogP contribution in [0.25, 0.3) is 5.52 Å². The summed E-state index contributed by atoms with van der Waals surface area (Å²) in [5, 5.41) is 6.46. The number of urea groups is 1. The van der Waals surface area contributed by atoms with Crippen LogP contribution in [0.5, 0.6) is 0 Å². The van der Waals surface area contributed by atoms with Crippen molar-refractivity contribution in [2.75, 3.05) is 11.4 Å². The Morgan fingerprint density at radius 1 is 1.35 bits per heavy atom. The Morgan fingerprint density at radius 2 is 2.24 bits per heavy atom. The second-order valence-corrected chi connectivity index (χ2v) is 3.85. The highest BCUT2D eigenvalue weighted by Crippen LogP contribution is 2.18. The number of fused-ring (bicyclic) bond motifs is 1. The largest absolute Gasteiger partial charge is 0.328 e. The fourth-order valence-corrected chi connectivity index (χ4v) is 1.87. The Morgan fingerprint density at radius 3 is 3.06 bits per heavy atom. The molecular weight excluding hydrogens is 220 g/mol. The lowest BCUT2D eigenvalue weighted by Crippen LogP contribution is -2.49. The SMILES string of the molecule is O=C1CCN(c2cnn3cccc3c2)C(=O)N1. The molecule has 2 aromatic heterocycles. The summed E-state index contributed by atoms with van der Waals surface area (Å²) >= 11 is 0. The van der Waals surface area contributed by atoms with Crippen molar-refractivity contribution in [3.8, 4) is 0 Å². The molecule has 17 heavy (non-hydrogen) atoms. The summed E-state index contributed by atoms with van der Waals surface area (Å²) in [5.41, 5.74) is 1.61. The zero-order chi connectivity index (χ0) is 11.8. The van der Waals surface area contributed by atoms with E-state index < -0.39 is 0 Å². The topological polar surface area (TPSA) is 66.7 Å². The molecule has 86 valence electrons. The molecule has 1 aliphatic rings. The lowest BCUT2D eigenvalue weighted by atomic mass is 10.3. The Bertz CT molecular complexity index is 604. The van der Waals surface area contributed by atoms with E-state index in [2.05, 4.69) is 10.4 Å². The van der Waals surface area contributed by atoms with E-state index in [9.17, 15) is 9.59 Å². The number of imide groups is 1. The van der Waals surface area contributed by atoms with E-state index in [4.69, 9.17) is 0 Å². The first-order chi connectivity index (χ1) is 8.24. The minimum absolute atomic E-state index is 0.233. The number of hydrogen-bond acceptors (Lipinski definition) is 3. The van der Waals surface area contributed by atoms with Crippen LogP contribution in [0.4, 0.5) is 10.5 Å². The molecule has 0 saturated carbocycles. The van der Waals surface area contributed by atoms with Crippen LogP contribution >= 0.6 is 0 Å². The van der Waals surface area contributed by atoms with Gasteiger partial charge in [-0.2, -0.15) is 5.10 Å². The van der Waals surface area contributed by atoms with Gasteiger partial charge in [-0.1, -0.05) is 0 Å². The maximum atomic E-state index is 11.6. The fraction of sp³-hybridized carbons (Fsp3) is 0.182. The molecule has 1 fully saturated rings. The standard InChI is InChI=1S/C11H10N4O2/c16-10-3-5-14(11(17)13-10)9-6-8-2-1-4-15(8)12-7-9/h1-2,4,6-7H,3,5H2,(H,13,16,17). The zero-order valence-corrected chi connectivity index (χ0v) is 8.96. The summed E-state index contributed by atoms with van der Waals surface area (Å²) in [4.78, 5) is 24.2. The third kappa shape index (κ3) is 1.63. The highest BCUT2D eigenvalue weighted by molar-refractivity contribution is 6.05. The summed E-state index contributed by atoms with van der Waals surface area (Å²) in [6.07, 6.45) is 3.76. The van der Waals surface area contributed by atoms with Gasteiger partial charge in [0.2, 0.25) is 5.91 Å². The average molecular weight is 230 g/mol. The van der Waals surface area contributed by atoms with Crippen LogP contribution in [0.2, 0.25) is 0 Å². The first-order valence-electron chi connectivity index (χ1n) is 5.29. The Balaban J connectivity index is 1.97. The molecule has 6 heteroatoms. The van der Waals surface area contributed by atoms with Crippen molar-refractivity contribution >= 4 is 23.1 Å². The van der Waals surface area contributed by atoms with Gasteiger partial charge in [-0.05, 0) is 18.2 Å². The molecule has 3 rings (SSSR count). The van der Waals surface area contributed by atoms with Gasteiger partial charge in [0.05, 0.1) is 17.4 Å². The summed E-state index contributed by atoms with van der Waals surface area (Å²) in [7, 11) is 0. The number of carbonyl (C=O) groups excluding carboxylic acids is 2. The van der Waals surface area contributed by atoms with E-state index in [1.54, 1.807) is 10.7 Å². The third-order valence-corrected chi connectivity index (χ3v) is 2.73. The quantitative estimate of drug-likeness (QED) is 0.787. The molecule has 0 radical (unpaired) electrons. The number of aromatic nitrogens is 2. The van der Waals surface area contributed by atoms with Crippen molar-refractivity contribution in [1.82, 2.24) is 14.9 Å². The average Bonchev–Trinajstić information content (AvgIpc) is 2.75. The molecule has 6 nitrogen and oxygen atoms in total. The molecule has 3 amide bonds. The molecule has 0 atom stereocenters. The molecule has 0 aliphatic carbocycles. The van der Waals surface area contributed by atoms with Crippen molar-refractivity contribution in [3.63, 3.8) is 0 Å². The minimum Gasteiger partial charge on any atom is -0.292 e. The summed E-state index contributed by atoms with van der Waals surface area (Å²) < 4.78 is 1.72. The van der Waals surface area contributed by atoms with E-state index in [0.29, 0.717) is 18.7 Å². The minimum atomic E-state index is -0.390. The van der Waals surface area contributed by atoms with Gasteiger partial charge >= 0.3 is 6.03 Å². The first kappa shape index (κ1) is 9.83. The molecule has 1 saturated heterocycles. The van der Waals surface area contributed by atoms with Gasteiger partial charge in [-0.3, -0.25) is 15.0 Å². The number of carbonyl (C=O) groups is 2. The number of amides is 3. The van der Waals surface area contributed by atoms with E-state index in [0.717, 1.165) is 5.52 Å². The van der Waals surface area contributed by atoms with Gasteiger partial charge in [0.1, 0.15) is 0 Å². The van der Waals surface area contributed by atoms with Gasteiger partial charge in [0, 0.05) is 19.2 Å². The van der Waals surface area contributed by atoms with Crippen LogP contribution in [0.3, 0.4) is 0 Å². The maximum absolute atomic E-state index is 11.6. The lowest BCUT2D eigenvalue weighted by molar-refractivity contribution is -0.120. The van der Waals surface area contributed by atoms with Gasteiger partial charge in [-0.15, -0.1) is 0 Å². The van der Waals surface area contributed by atoms with Crippen molar-refractivity contribution < 1.29 is 9.59 Å². The van der Waals surface area contributed by atoms with Gasteiger partial charge < -0.3 is 0 Å². The number of anilines is 1. The van der Waals surface area contributed by atoms with Gasteiger partial charge in [0.15, 0.2) is 0 Å². The van der Waals surface area contributed by atoms with Gasteiger partial charge in [0.25, 0.3) is 0 Å². The molecule has 0 bridgehead atoms. The molecule has 0 spiro atoms. The predicted octanol–water partition coefficient (Wildman–Crippen LogP) is 0.781. The van der Waals surface area contributed by atoms with Crippen LogP contribution in [-0.4, -0.2) is 28.1 Å². The summed E-state index contributed by atoms with van der Waals surface area (Å²) in [6.45, 7) is 0.392. The smallest absolute Gasteiger partial charge is 0.292 e. The van der Waals surface area contributed by atoms with Crippen molar-refractivity contribution in [2.24, 2.45) is 0 Å². The normalized spacial score (nSPS) is 16.4. The van der Waals surface area contributed by atoms with E-state index in [-0.39, 0.29) is 11.9 Å². The number of nitrogens with zero attached hydrogens (tertiary/aromatic N) is 3. The highest BCUT2D eigenvalue weighted by Gasteiger charge is 2.24. The molecular formula is C11H10N4O2. The Kier molecular flexibility index (Phi) is 2.07. The monoisotopic (exact) mass is 230 g/mol. The van der Waals surface area contributed by atoms with Crippen LogP contribution in [-0.2, 0) is 4.79 Å². The van der Waals surface area contributed by atoms with E-state index >= 15 is 0 Å². The van der Waals surface area contributed by atoms with Crippen molar-refractivity contribution in [2.45, 2.75) is 6.42 Å². The molecule has 3 heterocycles. The van der Waals surface area contributed by atoms with Crippen LogP contribution in [0.15, 0.2) is 30.6 Å². The maximum Gasteiger partial charge on any atom is 0.328 e.